The fourth-order valence-corrected chi connectivity index (χ4v) is 5.04. The van der Waals surface area contributed by atoms with Gasteiger partial charge in [-0.25, -0.2) is 0 Å². The van der Waals surface area contributed by atoms with E-state index < -0.39 is 21.6 Å². The molecule has 0 fully saturated rings. The molecule has 0 aliphatic heterocycles. The Labute approximate surface area is 251 Å². The minimum absolute atomic E-state index is 0.102. The molecule has 2 aromatic carbocycles. The second kappa shape index (κ2) is 14.9. The SMILES string of the molecule is CC(C)(C)[Si](C)(C)OCCOc1ccc(Cl)c(N)c1.CC(C)(C)[Si](C)(C)OCCOc1ccc(Cl)c([N+](=O)[O-])c1. The second-order valence-electron chi connectivity index (χ2n) is 12.5. The lowest BCUT2D eigenvalue weighted by Crippen LogP contribution is -2.41. The van der Waals surface area contributed by atoms with Crippen molar-refractivity contribution in [3.05, 3.63) is 56.6 Å². The zero-order chi connectivity index (χ0) is 30.9. The summed E-state index contributed by atoms with van der Waals surface area (Å²) in [4.78, 5) is 10.3. The minimum atomic E-state index is -1.79. The second-order valence-corrected chi connectivity index (χ2v) is 22.9. The Morgan fingerprint density at radius 1 is 0.750 bits per heavy atom. The van der Waals surface area contributed by atoms with Crippen molar-refractivity contribution in [1.29, 1.82) is 0 Å². The quantitative estimate of drug-likeness (QED) is 0.0865. The molecule has 0 aromatic heterocycles. The number of nitro benzene ring substituents is 1. The Kier molecular flexibility index (Phi) is 13.5. The number of rotatable bonds is 11. The first-order valence-corrected chi connectivity index (χ1v) is 19.8. The van der Waals surface area contributed by atoms with Gasteiger partial charge >= 0.3 is 0 Å². The summed E-state index contributed by atoms with van der Waals surface area (Å²) in [7, 11) is -3.48. The van der Waals surface area contributed by atoms with Crippen LogP contribution >= 0.6 is 23.2 Å². The van der Waals surface area contributed by atoms with E-state index in [4.69, 9.17) is 47.3 Å². The topological polar surface area (TPSA) is 106 Å². The first-order chi connectivity index (χ1) is 18.2. The van der Waals surface area contributed by atoms with Gasteiger partial charge in [-0.3, -0.25) is 10.1 Å². The Morgan fingerprint density at radius 2 is 1.15 bits per heavy atom. The zero-order valence-electron chi connectivity index (χ0n) is 25.5. The van der Waals surface area contributed by atoms with Crippen LogP contribution < -0.4 is 15.2 Å². The van der Waals surface area contributed by atoms with E-state index in [0.717, 1.165) is 5.75 Å². The van der Waals surface area contributed by atoms with E-state index in [0.29, 0.717) is 42.9 Å². The van der Waals surface area contributed by atoms with Crippen LogP contribution in [0.1, 0.15) is 41.5 Å². The third-order valence-electron chi connectivity index (χ3n) is 7.32. The third kappa shape index (κ3) is 11.6. The van der Waals surface area contributed by atoms with Gasteiger partial charge in [0.05, 0.1) is 34.9 Å². The van der Waals surface area contributed by atoms with E-state index in [1.165, 1.54) is 12.1 Å². The summed E-state index contributed by atoms with van der Waals surface area (Å²) in [5.74, 6) is 1.14. The monoisotopic (exact) mass is 632 g/mol. The standard InChI is InChI=1S/C14H22ClNO4Si.C14H24ClNO2Si/c1-14(2,3)21(4,5)20-9-8-19-11-6-7-12(15)13(10-11)16(17)18;1-14(2,3)19(4,5)18-9-8-17-11-6-7-12(15)13(16)10-11/h6-7,10H,8-9H2,1-5H3;6-7,10H,8-9,16H2,1-5H3. The number of nitrogen functional groups attached to an aromatic ring is 1. The van der Waals surface area contributed by atoms with Crippen LogP contribution in [0.25, 0.3) is 0 Å². The van der Waals surface area contributed by atoms with E-state index in [1.54, 1.807) is 18.2 Å². The van der Waals surface area contributed by atoms with Gasteiger partial charge in [0.15, 0.2) is 16.6 Å². The molecule has 0 aliphatic carbocycles. The summed E-state index contributed by atoms with van der Waals surface area (Å²) >= 11 is 11.6. The highest BCUT2D eigenvalue weighted by Crippen LogP contribution is 2.37. The molecule has 0 saturated carbocycles. The Morgan fingerprint density at radius 3 is 1.52 bits per heavy atom. The van der Waals surface area contributed by atoms with Gasteiger partial charge in [-0.15, -0.1) is 0 Å². The predicted molar refractivity (Wildman–Crippen MR) is 171 cm³/mol. The lowest BCUT2D eigenvalue weighted by molar-refractivity contribution is -0.384. The van der Waals surface area contributed by atoms with Gasteiger partial charge in [0.1, 0.15) is 29.7 Å². The van der Waals surface area contributed by atoms with Gasteiger partial charge in [0, 0.05) is 6.07 Å². The van der Waals surface area contributed by atoms with E-state index >= 15 is 0 Å². The number of nitrogens with zero attached hydrogens (tertiary/aromatic N) is 1. The van der Waals surface area contributed by atoms with E-state index in [-0.39, 0.29) is 20.8 Å². The van der Waals surface area contributed by atoms with Crippen LogP contribution in [-0.2, 0) is 8.85 Å². The molecule has 0 spiro atoms. The maximum atomic E-state index is 10.8. The number of ether oxygens (including phenoxy) is 2. The molecule has 12 heteroatoms. The lowest BCUT2D eigenvalue weighted by Gasteiger charge is -2.36. The summed E-state index contributed by atoms with van der Waals surface area (Å²) in [6.07, 6.45) is 0. The lowest BCUT2D eigenvalue weighted by atomic mass is 10.2. The molecule has 0 bridgehead atoms. The average molecular weight is 634 g/mol. The number of benzene rings is 2. The first-order valence-electron chi connectivity index (χ1n) is 13.2. The van der Waals surface area contributed by atoms with Gasteiger partial charge in [-0.1, -0.05) is 64.7 Å². The normalized spacial score (nSPS) is 12.4. The van der Waals surface area contributed by atoms with Gasteiger partial charge < -0.3 is 24.1 Å². The van der Waals surface area contributed by atoms with Crippen molar-refractivity contribution in [2.45, 2.75) is 77.8 Å². The van der Waals surface area contributed by atoms with Crippen molar-refractivity contribution >= 4 is 51.2 Å². The first kappa shape index (κ1) is 36.2. The minimum Gasteiger partial charge on any atom is -0.491 e. The molecule has 0 heterocycles. The molecule has 0 aliphatic rings. The number of halogens is 2. The van der Waals surface area contributed by atoms with Crippen molar-refractivity contribution in [1.82, 2.24) is 0 Å². The van der Waals surface area contributed by atoms with E-state index in [2.05, 4.69) is 67.7 Å². The summed E-state index contributed by atoms with van der Waals surface area (Å²) < 4.78 is 23.1. The number of anilines is 1. The van der Waals surface area contributed by atoms with Gasteiger partial charge in [-0.2, -0.15) is 0 Å². The van der Waals surface area contributed by atoms with Gasteiger partial charge in [-0.05, 0) is 60.5 Å². The van der Waals surface area contributed by atoms with Crippen LogP contribution in [0.15, 0.2) is 36.4 Å². The molecule has 226 valence electrons. The number of nitro groups is 1. The fourth-order valence-electron chi connectivity index (χ4n) is 2.68. The Hall–Kier alpha value is -1.83. The van der Waals surface area contributed by atoms with Crippen molar-refractivity contribution in [3.63, 3.8) is 0 Å². The summed E-state index contributed by atoms with van der Waals surface area (Å²) in [5, 5.41) is 11.8. The van der Waals surface area contributed by atoms with Crippen molar-refractivity contribution < 1.29 is 23.2 Å². The number of hydrogen-bond donors (Lipinski definition) is 1. The maximum Gasteiger partial charge on any atom is 0.291 e. The van der Waals surface area contributed by atoms with Crippen LogP contribution in [-0.4, -0.2) is 48.0 Å². The highest BCUT2D eigenvalue weighted by Gasteiger charge is 2.37. The molecule has 8 nitrogen and oxygen atoms in total. The highest BCUT2D eigenvalue weighted by molar-refractivity contribution is 6.74. The van der Waals surface area contributed by atoms with Gasteiger partial charge in [0.25, 0.3) is 5.69 Å². The molecular formula is C28H46Cl2N2O6Si2. The third-order valence-corrected chi connectivity index (χ3v) is 17.1. The summed E-state index contributed by atoms with van der Waals surface area (Å²) in [6.45, 7) is 23.9. The molecule has 0 amide bonds. The van der Waals surface area contributed by atoms with Crippen LogP contribution in [0.5, 0.6) is 11.5 Å². The van der Waals surface area contributed by atoms with E-state index in [1.807, 2.05) is 6.07 Å². The highest BCUT2D eigenvalue weighted by atomic mass is 35.5. The molecular weight excluding hydrogens is 587 g/mol. The van der Waals surface area contributed by atoms with Crippen LogP contribution in [0.4, 0.5) is 11.4 Å². The molecule has 0 radical (unpaired) electrons. The van der Waals surface area contributed by atoms with Crippen LogP contribution in [0, 0.1) is 10.1 Å². The molecule has 40 heavy (non-hydrogen) atoms. The average Bonchev–Trinajstić information content (AvgIpc) is 2.81. The zero-order valence-corrected chi connectivity index (χ0v) is 29.0. The van der Waals surface area contributed by atoms with E-state index in [9.17, 15) is 10.1 Å². The Balaban J connectivity index is 0.000000402. The van der Waals surface area contributed by atoms with Crippen molar-refractivity contribution in [2.75, 3.05) is 32.2 Å². The summed E-state index contributed by atoms with van der Waals surface area (Å²) in [5.41, 5.74) is 6.09. The van der Waals surface area contributed by atoms with Crippen molar-refractivity contribution in [3.8, 4) is 11.5 Å². The predicted octanol–water partition coefficient (Wildman–Crippen LogP) is 8.97. The molecule has 0 unspecified atom stereocenters. The van der Waals surface area contributed by atoms with Crippen LogP contribution in [0.2, 0.25) is 46.3 Å². The fraction of sp³-hybridized carbons (Fsp3) is 0.571. The summed E-state index contributed by atoms with van der Waals surface area (Å²) in [6, 6.07) is 9.68. The van der Waals surface area contributed by atoms with Gasteiger partial charge in [0.2, 0.25) is 0 Å². The smallest absolute Gasteiger partial charge is 0.291 e. The molecule has 0 atom stereocenters. The Bertz CT molecular complexity index is 1120. The van der Waals surface area contributed by atoms with Crippen molar-refractivity contribution in [2.24, 2.45) is 0 Å². The maximum absolute atomic E-state index is 10.8. The number of hydrogen-bond acceptors (Lipinski definition) is 7. The number of nitrogens with two attached hydrogens (primary N) is 1. The molecule has 2 aromatic rings. The molecule has 0 saturated heterocycles. The van der Waals surface area contributed by atoms with Crippen LogP contribution in [0.3, 0.4) is 0 Å². The largest absolute Gasteiger partial charge is 0.491 e. The molecule has 2 N–H and O–H groups in total. The molecule has 2 rings (SSSR count).